The van der Waals surface area contributed by atoms with Crippen molar-refractivity contribution >= 4 is 32.9 Å². The Bertz CT molecular complexity index is 1180. The summed E-state index contributed by atoms with van der Waals surface area (Å²) in [5, 5.41) is 1.22. The lowest BCUT2D eigenvalue weighted by Crippen LogP contribution is -2.09. The van der Waals surface area contributed by atoms with E-state index in [9.17, 15) is 0 Å². The molecule has 0 amide bonds. The molecule has 1 atom stereocenters. The predicted octanol–water partition coefficient (Wildman–Crippen LogP) is 12.8. The van der Waals surface area contributed by atoms with Crippen LogP contribution in [0.4, 0.5) is 0 Å². The van der Waals surface area contributed by atoms with E-state index < -0.39 is 0 Å². The molecule has 4 rings (SSSR count). The smallest absolute Gasteiger partial charge is 0.0706 e. The molecule has 0 aliphatic rings. The Morgan fingerprint density at radius 2 is 1.40 bits per heavy atom. The second kappa shape index (κ2) is 23.0. The molecular formula is C38H54BrN. The van der Waals surface area contributed by atoms with Crippen LogP contribution < -0.4 is 0 Å². The minimum atomic E-state index is 0.507. The highest BCUT2D eigenvalue weighted by Crippen LogP contribution is 2.33. The largest absolute Gasteiger partial charge is 0.253 e. The van der Waals surface area contributed by atoms with Crippen LogP contribution >= 0.6 is 15.9 Å². The van der Waals surface area contributed by atoms with E-state index in [1.165, 1.54) is 46.2 Å². The molecule has 1 heterocycles. The molecular weight excluding hydrogens is 550 g/mol. The maximum atomic E-state index is 4.98. The Morgan fingerprint density at radius 1 is 0.800 bits per heavy atom. The van der Waals surface area contributed by atoms with Crippen molar-refractivity contribution in [2.45, 2.75) is 101 Å². The first-order valence-corrected chi connectivity index (χ1v) is 16.2. The number of nitrogens with zero attached hydrogens (tertiary/aromatic N) is 1. The minimum absolute atomic E-state index is 0.507. The number of rotatable bonds is 7. The first-order valence-electron chi connectivity index (χ1n) is 15.4. The molecule has 0 aliphatic heterocycles. The fraction of sp³-hybridized carbons (Fsp3) is 0.395. The van der Waals surface area contributed by atoms with Crippen molar-refractivity contribution in [1.29, 1.82) is 0 Å². The second-order valence-electron chi connectivity index (χ2n) is 8.71. The van der Waals surface area contributed by atoms with Gasteiger partial charge in [-0.3, -0.25) is 4.98 Å². The molecule has 0 saturated carbocycles. The molecule has 0 N–H and O–H groups in total. The first kappa shape index (κ1) is 37.3. The van der Waals surface area contributed by atoms with Gasteiger partial charge in [0.2, 0.25) is 0 Å². The van der Waals surface area contributed by atoms with E-state index in [1.54, 1.807) is 0 Å². The average Bonchev–Trinajstić information content (AvgIpc) is 3.02. The number of hydrogen-bond acceptors (Lipinski definition) is 1. The van der Waals surface area contributed by atoms with E-state index in [-0.39, 0.29) is 0 Å². The topological polar surface area (TPSA) is 12.9 Å². The third-order valence-corrected chi connectivity index (χ3v) is 6.67. The van der Waals surface area contributed by atoms with E-state index in [2.05, 4.69) is 98.2 Å². The highest BCUT2D eigenvalue weighted by molar-refractivity contribution is 9.10. The van der Waals surface area contributed by atoms with Gasteiger partial charge < -0.3 is 0 Å². The zero-order valence-corrected chi connectivity index (χ0v) is 28.5. The lowest BCUT2D eigenvalue weighted by atomic mass is 9.83. The molecule has 0 bridgehead atoms. The van der Waals surface area contributed by atoms with Crippen molar-refractivity contribution in [2.24, 2.45) is 0 Å². The van der Waals surface area contributed by atoms with Gasteiger partial charge in [0.1, 0.15) is 0 Å². The maximum absolute atomic E-state index is 4.98. The van der Waals surface area contributed by atoms with E-state index in [0.29, 0.717) is 5.92 Å². The molecule has 0 fully saturated rings. The SMILES string of the molecule is C/C=C\c1c(C)cccc1C(CCC)Cc1cc2cc(Br)ccc2nc1CC.CC.CC.CC.c1ccccc1. The second-order valence-corrected chi connectivity index (χ2v) is 9.62. The minimum Gasteiger partial charge on any atom is -0.253 e. The summed E-state index contributed by atoms with van der Waals surface area (Å²) in [5.74, 6) is 0.507. The van der Waals surface area contributed by atoms with E-state index in [1.807, 2.05) is 77.9 Å². The number of aryl methyl sites for hydroxylation is 2. The van der Waals surface area contributed by atoms with Crippen LogP contribution in [0.1, 0.15) is 109 Å². The highest BCUT2D eigenvalue weighted by atomic mass is 79.9. The highest BCUT2D eigenvalue weighted by Gasteiger charge is 2.18. The van der Waals surface area contributed by atoms with Gasteiger partial charge in [0.15, 0.2) is 0 Å². The van der Waals surface area contributed by atoms with E-state index >= 15 is 0 Å². The molecule has 218 valence electrons. The summed E-state index contributed by atoms with van der Waals surface area (Å²) in [7, 11) is 0. The molecule has 3 aromatic carbocycles. The van der Waals surface area contributed by atoms with Crippen LogP contribution in [0.5, 0.6) is 0 Å². The average molecular weight is 605 g/mol. The van der Waals surface area contributed by atoms with Gasteiger partial charge in [0.05, 0.1) is 5.52 Å². The van der Waals surface area contributed by atoms with Crippen LogP contribution in [0.3, 0.4) is 0 Å². The van der Waals surface area contributed by atoms with Gasteiger partial charge >= 0.3 is 0 Å². The van der Waals surface area contributed by atoms with Gasteiger partial charge in [0.25, 0.3) is 0 Å². The molecule has 4 aromatic rings. The Labute approximate surface area is 255 Å². The van der Waals surface area contributed by atoms with Crippen molar-refractivity contribution in [2.75, 3.05) is 0 Å². The van der Waals surface area contributed by atoms with Crippen molar-refractivity contribution in [1.82, 2.24) is 4.98 Å². The van der Waals surface area contributed by atoms with Crippen LogP contribution in [-0.2, 0) is 12.8 Å². The summed E-state index contributed by atoms with van der Waals surface area (Å²) in [4.78, 5) is 4.98. The van der Waals surface area contributed by atoms with Crippen molar-refractivity contribution in [3.63, 3.8) is 0 Å². The van der Waals surface area contributed by atoms with E-state index in [0.717, 1.165) is 22.8 Å². The molecule has 40 heavy (non-hydrogen) atoms. The first-order chi connectivity index (χ1) is 19.6. The molecule has 0 saturated heterocycles. The van der Waals surface area contributed by atoms with Gasteiger partial charge in [-0.25, -0.2) is 0 Å². The number of aromatic nitrogens is 1. The third kappa shape index (κ3) is 12.2. The third-order valence-electron chi connectivity index (χ3n) is 6.18. The van der Waals surface area contributed by atoms with E-state index in [4.69, 9.17) is 4.98 Å². The number of benzene rings is 3. The van der Waals surface area contributed by atoms with Crippen LogP contribution in [-0.4, -0.2) is 4.98 Å². The van der Waals surface area contributed by atoms with Crippen LogP contribution in [0.2, 0.25) is 0 Å². The summed E-state index contributed by atoms with van der Waals surface area (Å²) >= 11 is 3.60. The number of hydrogen-bond donors (Lipinski definition) is 0. The molecule has 1 aromatic heterocycles. The van der Waals surface area contributed by atoms with Crippen LogP contribution in [0.25, 0.3) is 17.0 Å². The standard InChI is InChI=1S/C26H30BrN.C6H6.3C2H6/c1-5-9-19(24-12-8-11-18(4)23(24)10-6-2)15-20-16-21-17-22(27)13-14-26(21)28-25(20)7-3;1-2-4-6-5-3-1;3*1-2/h6,8,10-14,16-17,19H,5,7,9,15H2,1-4H3;1-6H;3*1-2H3/b10-6-;;;;. The van der Waals surface area contributed by atoms with Gasteiger partial charge in [-0.05, 0) is 85.5 Å². The molecule has 0 aliphatic carbocycles. The predicted molar refractivity (Wildman–Crippen MR) is 187 cm³/mol. The number of fused-ring (bicyclic) bond motifs is 1. The molecule has 2 heteroatoms. The zero-order chi connectivity index (χ0) is 30.3. The Kier molecular flexibility index (Phi) is 21.5. The Morgan fingerprint density at radius 3 is 1.93 bits per heavy atom. The van der Waals surface area contributed by atoms with Gasteiger partial charge in [-0.1, -0.05) is 144 Å². The summed E-state index contributed by atoms with van der Waals surface area (Å²) in [6.07, 6.45) is 8.80. The van der Waals surface area contributed by atoms with Crippen LogP contribution in [0.15, 0.2) is 89.4 Å². The fourth-order valence-corrected chi connectivity index (χ4v) is 4.91. The van der Waals surface area contributed by atoms with Crippen molar-refractivity contribution in [3.05, 3.63) is 117 Å². The Hall–Kier alpha value is -2.71. The summed E-state index contributed by atoms with van der Waals surface area (Å²) in [5.41, 5.74) is 7.92. The number of allylic oxidation sites excluding steroid dienone is 1. The molecule has 0 radical (unpaired) electrons. The lowest BCUT2D eigenvalue weighted by Gasteiger charge is -2.22. The van der Waals surface area contributed by atoms with Gasteiger partial charge in [-0.15, -0.1) is 0 Å². The monoisotopic (exact) mass is 603 g/mol. The zero-order valence-electron chi connectivity index (χ0n) is 26.9. The summed E-state index contributed by atoms with van der Waals surface area (Å²) in [6, 6.07) is 27.5. The van der Waals surface area contributed by atoms with Crippen molar-refractivity contribution in [3.8, 4) is 0 Å². The Balaban J connectivity index is 0.00000107. The van der Waals surface area contributed by atoms with Crippen molar-refractivity contribution < 1.29 is 0 Å². The summed E-state index contributed by atoms with van der Waals surface area (Å²) in [6.45, 7) is 20.8. The van der Waals surface area contributed by atoms with Crippen LogP contribution in [0, 0.1) is 6.92 Å². The fourth-order valence-electron chi connectivity index (χ4n) is 4.53. The molecule has 1 unspecified atom stereocenters. The number of halogens is 1. The maximum Gasteiger partial charge on any atom is 0.0706 e. The quantitative estimate of drug-likeness (QED) is 0.204. The molecule has 1 nitrogen and oxygen atoms in total. The number of pyridine rings is 1. The normalized spacial score (nSPS) is 10.6. The van der Waals surface area contributed by atoms with Gasteiger partial charge in [0, 0.05) is 15.6 Å². The molecule has 0 spiro atoms. The van der Waals surface area contributed by atoms with Gasteiger partial charge in [-0.2, -0.15) is 0 Å². The summed E-state index contributed by atoms with van der Waals surface area (Å²) < 4.78 is 1.11. The lowest BCUT2D eigenvalue weighted by molar-refractivity contribution is 0.605.